The third kappa shape index (κ3) is 6.60. The molecule has 1 aromatic rings. The molecular formula is C19H30Cl2N4O3. The van der Waals surface area contributed by atoms with E-state index in [-0.39, 0.29) is 36.6 Å². The Hall–Kier alpha value is -1.38. The lowest BCUT2D eigenvalue weighted by Gasteiger charge is -2.31. The predicted octanol–water partition coefficient (Wildman–Crippen LogP) is 1.80. The SMILES string of the molecule is Cl.Cl.NC1(C(=O)Nc2ccc(C(=O)NCCN3CCCC3)cc2)CCOCC1. The second-order valence-corrected chi connectivity index (χ2v) is 7.10. The molecule has 9 heteroatoms. The third-order valence-electron chi connectivity index (χ3n) is 5.15. The van der Waals surface area contributed by atoms with Crippen molar-refractivity contribution in [1.82, 2.24) is 10.2 Å². The van der Waals surface area contributed by atoms with E-state index < -0.39 is 5.54 Å². The molecule has 0 atom stereocenters. The van der Waals surface area contributed by atoms with E-state index in [9.17, 15) is 9.59 Å². The normalized spacial score (nSPS) is 18.5. The van der Waals surface area contributed by atoms with Crippen molar-refractivity contribution in [3.05, 3.63) is 29.8 Å². The van der Waals surface area contributed by atoms with Gasteiger partial charge in [-0.2, -0.15) is 0 Å². The first kappa shape index (κ1) is 24.7. The van der Waals surface area contributed by atoms with E-state index in [1.54, 1.807) is 24.3 Å². The zero-order valence-electron chi connectivity index (χ0n) is 15.9. The molecule has 28 heavy (non-hydrogen) atoms. The maximum atomic E-state index is 12.4. The van der Waals surface area contributed by atoms with Crippen LogP contribution in [0.25, 0.3) is 0 Å². The largest absolute Gasteiger partial charge is 0.381 e. The van der Waals surface area contributed by atoms with E-state index in [1.165, 1.54) is 12.8 Å². The number of ether oxygens (including phenoxy) is 1. The van der Waals surface area contributed by atoms with Crippen LogP contribution in [0.4, 0.5) is 5.69 Å². The number of nitrogens with one attached hydrogen (secondary N) is 2. The maximum Gasteiger partial charge on any atom is 0.251 e. The molecule has 0 saturated carbocycles. The molecule has 0 bridgehead atoms. The zero-order chi connectivity index (χ0) is 18.4. The minimum atomic E-state index is -0.885. The first-order chi connectivity index (χ1) is 12.6. The molecule has 2 fully saturated rings. The molecule has 1 aromatic carbocycles. The fraction of sp³-hybridized carbons (Fsp3) is 0.579. The Bertz CT molecular complexity index is 631. The number of anilines is 1. The highest BCUT2D eigenvalue weighted by molar-refractivity contribution is 5.99. The fourth-order valence-electron chi connectivity index (χ4n) is 3.36. The van der Waals surface area contributed by atoms with Crippen molar-refractivity contribution in [3.63, 3.8) is 0 Å². The Morgan fingerprint density at radius 2 is 1.68 bits per heavy atom. The van der Waals surface area contributed by atoms with Crippen LogP contribution in [-0.4, -0.2) is 61.6 Å². The monoisotopic (exact) mass is 432 g/mol. The van der Waals surface area contributed by atoms with Gasteiger partial charge in [0.25, 0.3) is 5.91 Å². The van der Waals surface area contributed by atoms with Crippen LogP contribution < -0.4 is 16.4 Å². The van der Waals surface area contributed by atoms with E-state index in [1.807, 2.05) is 0 Å². The summed E-state index contributed by atoms with van der Waals surface area (Å²) in [4.78, 5) is 27.0. The summed E-state index contributed by atoms with van der Waals surface area (Å²) in [6, 6.07) is 6.90. The standard InChI is InChI=1S/C19H28N4O3.2ClH/c20-19(7-13-26-14-8-19)18(25)22-16-5-3-15(4-6-16)17(24)21-9-12-23-10-1-2-11-23;;/h3-6H,1-2,7-14,20H2,(H,21,24)(H,22,25);2*1H. The molecule has 7 nitrogen and oxygen atoms in total. The van der Waals surface area contributed by atoms with Crippen LogP contribution >= 0.6 is 24.8 Å². The molecule has 2 aliphatic rings. The van der Waals surface area contributed by atoms with Crippen molar-refractivity contribution in [2.24, 2.45) is 5.73 Å². The summed E-state index contributed by atoms with van der Waals surface area (Å²) in [6.07, 6.45) is 3.52. The van der Waals surface area contributed by atoms with Crippen molar-refractivity contribution in [2.75, 3.05) is 44.7 Å². The molecule has 0 unspecified atom stereocenters. The molecule has 0 aliphatic carbocycles. The van der Waals surface area contributed by atoms with Gasteiger partial charge in [-0.3, -0.25) is 9.59 Å². The summed E-state index contributed by atoms with van der Waals surface area (Å²) in [5, 5.41) is 5.78. The van der Waals surface area contributed by atoms with Crippen molar-refractivity contribution >= 4 is 42.3 Å². The van der Waals surface area contributed by atoms with Crippen LogP contribution in [0.2, 0.25) is 0 Å². The smallest absolute Gasteiger partial charge is 0.251 e. The lowest BCUT2D eigenvalue weighted by molar-refractivity contribution is -0.124. The number of nitrogens with zero attached hydrogens (tertiary/aromatic N) is 1. The number of rotatable bonds is 6. The molecular weight excluding hydrogens is 403 g/mol. The van der Waals surface area contributed by atoms with E-state index >= 15 is 0 Å². The molecule has 2 heterocycles. The topological polar surface area (TPSA) is 96.7 Å². The van der Waals surface area contributed by atoms with Crippen LogP contribution in [0.3, 0.4) is 0 Å². The van der Waals surface area contributed by atoms with Gasteiger partial charge in [0, 0.05) is 37.6 Å². The Balaban J connectivity index is 0.00000196. The molecule has 2 aliphatic heterocycles. The zero-order valence-corrected chi connectivity index (χ0v) is 17.6. The molecule has 0 aromatic heterocycles. The van der Waals surface area contributed by atoms with Gasteiger partial charge in [-0.15, -0.1) is 24.8 Å². The Labute approximate surface area is 178 Å². The molecule has 2 amide bonds. The van der Waals surface area contributed by atoms with Crippen LogP contribution in [0.5, 0.6) is 0 Å². The Kier molecular flexibility index (Phi) is 10.2. The second-order valence-electron chi connectivity index (χ2n) is 7.10. The average Bonchev–Trinajstić information content (AvgIpc) is 3.16. The number of benzene rings is 1. The first-order valence-corrected chi connectivity index (χ1v) is 9.35. The lowest BCUT2D eigenvalue weighted by atomic mass is 9.90. The molecule has 2 saturated heterocycles. The summed E-state index contributed by atoms with van der Waals surface area (Å²) in [7, 11) is 0. The van der Waals surface area contributed by atoms with Crippen LogP contribution in [0.1, 0.15) is 36.0 Å². The lowest BCUT2D eigenvalue weighted by Crippen LogP contribution is -2.54. The molecule has 0 radical (unpaired) electrons. The highest BCUT2D eigenvalue weighted by atomic mass is 35.5. The van der Waals surface area contributed by atoms with Gasteiger partial charge in [0.15, 0.2) is 0 Å². The number of likely N-dealkylation sites (tertiary alicyclic amines) is 1. The molecule has 4 N–H and O–H groups in total. The van der Waals surface area contributed by atoms with Crippen molar-refractivity contribution in [2.45, 2.75) is 31.2 Å². The van der Waals surface area contributed by atoms with Gasteiger partial charge in [-0.25, -0.2) is 0 Å². The van der Waals surface area contributed by atoms with Gasteiger partial charge in [0.2, 0.25) is 5.91 Å². The number of hydrogen-bond acceptors (Lipinski definition) is 5. The highest BCUT2D eigenvalue weighted by Crippen LogP contribution is 2.20. The first-order valence-electron chi connectivity index (χ1n) is 9.35. The van der Waals surface area contributed by atoms with Gasteiger partial charge in [-0.1, -0.05) is 0 Å². The van der Waals surface area contributed by atoms with Gasteiger partial charge >= 0.3 is 0 Å². The second kappa shape index (κ2) is 11.6. The highest BCUT2D eigenvalue weighted by Gasteiger charge is 2.35. The van der Waals surface area contributed by atoms with Gasteiger partial charge in [0.05, 0.1) is 0 Å². The number of halogens is 2. The van der Waals surface area contributed by atoms with Gasteiger partial charge in [-0.05, 0) is 63.0 Å². The summed E-state index contributed by atoms with van der Waals surface area (Å²) >= 11 is 0. The van der Waals surface area contributed by atoms with Gasteiger partial charge in [0.1, 0.15) is 5.54 Å². The quantitative estimate of drug-likeness (QED) is 0.636. The summed E-state index contributed by atoms with van der Waals surface area (Å²) < 4.78 is 5.26. The molecule has 158 valence electrons. The Morgan fingerprint density at radius 1 is 1.07 bits per heavy atom. The molecule has 3 rings (SSSR count). The number of nitrogens with two attached hydrogens (primary N) is 1. The number of hydrogen-bond donors (Lipinski definition) is 3. The fourth-order valence-corrected chi connectivity index (χ4v) is 3.36. The minimum Gasteiger partial charge on any atom is -0.381 e. The minimum absolute atomic E-state index is 0. The number of carbonyl (C=O) groups excluding carboxylic acids is 2. The van der Waals surface area contributed by atoms with E-state index in [0.717, 1.165) is 19.6 Å². The summed E-state index contributed by atoms with van der Waals surface area (Å²) in [5.74, 6) is -0.301. The predicted molar refractivity (Wildman–Crippen MR) is 115 cm³/mol. The summed E-state index contributed by atoms with van der Waals surface area (Å²) in [6.45, 7) is 4.79. The summed E-state index contributed by atoms with van der Waals surface area (Å²) in [5.41, 5.74) is 6.51. The average molecular weight is 433 g/mol. The van der Waals surface area contributed by atoms with Crippen molar-refractivity contribution in [1.29, 1.82) is 0 Å². The number of amides is 2. The third-order valence-corrected chi connectivity index (χ3v) is 5.15. The van der Waals surface area contributed by atoms with Crippen molar-refractivity contribution in [3.8, 4) is 0 Å². The van der Waals surface area contributed by atoms with Crippen LogP contribution in [0, 0.1) is 0 Å². The molecule has 0 spiro atoms. The van der Waals surface area contributed by atoms with E-state index in [0.29, 0.717) is 43.9 Å². The van der Waals surface area contributed by atoms with Crippen molar-refractivity contribution < 1.29 is 14.3 Å². The van der Waals surface area contributed by atoms with Crippen LogP contribution in [0.15, 0.2) is 24.3 Å². The van der Waals surface area contributed by atoms with E-state index in [2.05, 4.69) is 15.5 Å². The Morgan fingerprint density at radius 3 is 2.29 bits per heavy atom. The van der Waals surface area contributed by atoms with E-state index in [4.69, 9.17) is 10.5 Å². The number of carbonyl (C=O) groups is 2. The van der Waals surface area contributed by atoms with Gasteiger partial charge < -0.3 is 26.0 Å². The van der Waals surface area contributed by atoms with Crippen LogP contribution in [-0.2, 0) is 9.53 Å². The maximum absolute atomic E-state index is 12.4.